The van der Waals surface area contributed by atoms with Crippen LogP contribution < -0.4 is 21.3 Å². The first-order valence-electron chi connectivity index (χ1n) is 8.63. The average Bonchev–Trinajstić information content (AvgIpc) is 3.32. The summed E-state index contributed by atoms with van der Waals surface area (Å²) in [6.07, 6.45) is 2.42. The van der Waals surface area contributed by atoms with E-state index >= 15 is 0 Å². The molecule has 3 rings (SSSR count). The van der Waals surface area contributed by atoms with Crippen molar-refractivity contribution in [2.45, 2.75) is 32.0 Å². The summed E-state index contributed by atoms with van der Waals surface area (Å²) in [5.41, 5.74) is 2.09. The summed E-state index contributed by atoms with van der Waals surface area (Å²) < 4.78 is 1.73. The number of aromatic nitrogens is 3. The van der Waals surface area contributed by atoms with Crippen LogP contribution >= 0.6 is 11.6 Å². The molecule has 9 nitrogen and oxygen atoms in total. The number of hydrogen-bond acceptors (Lipinski definition) is 5. The van der Waals surface area contributed by atoms with Gasteiger partial charge in [-0.2, -0.15) is 0 Å². The van der Waals surface area contributed by atoms with E-state index in [1.807, 2.05) is 6.92 Å². The van der Waals surface area contributed by atoms with Crippen LogP contribution in [0, 0.1) is 6.92 Å². The maximum atomic E-state index is 12.1. The van der Waals surface area contributed by atoms with Gasteiger partial charge in [0.2, 0.25) is 5.91 Å². The highest BCUT2D eigenvalue weighted by Gasteiger charge is 2.30. The number of rotatable bonds is 5. The molecule has 4 N–H and O–H groups in total. The highest BCUT2D eigenvalue weighted by Crippen LogP contribution is 2.23. The van der Waals surface area contributed by atoms with E-state index in [0.29, 0.717) is 29.4 Å². The van der Waals surface area contributed by atoms with Crippen LogP contribution in [0.5, 0.6) is 0 Å². The van der Waals surface area contributed by atoms with Gasteiger partial charge in [0.25, 0.3) is 0 Å². The molecule has 1 aromatic heterocycles. The molecule has 0 saturated carbocycles. The van der Waals surface area contributed by atoms with E-state index in [9.17, 15) is 9.59 Å². The Hall–Kier alpha value is -2.65. The fraction of sp³-hybridized carbons (Fsp3) is 0.412. The summed E-state index contributed by atoms with van der Waals surface area (Å²) in [7, 11) is 1.62. The van der Waals surface area contributed by atoms with E-state index in [0.717, 1.165) is 5.56 Å². The van der Waals surface area contributed by atoms with Gasteiger partial charge < -0.3 is 21.3 Å². The SMILES string of the molecule is CNC(=O)[C@@H]1C[C@H](n2cc(CNC(=O)Nc3cccc(Cl)c3C)nn2)CN1. The molecule has 0 unspecified atom stereocenters. The lowest BCUT2D eigenvalue weighted by Gasteiger charge is -2.10. The van der Waals surface area contributed by atoms with Gasteiger partial charge in [-0.15, -0.1) is 5.10 Å². The van der Waals surface area contributed by atoms with Crippen LogP contribution in [0.1, 0.15) is 23.7 Å². The molecule has 0 radical (unpaired) electrons. The van der Waals surface area contributed by atoms with Crippen LogP contribution in [0.25, 0.3) is 0 Å². The second kappa shape index (κ2) is 8.36. The van der Waals surface area contributed by atoms with Gasteiger partial charge in [-0.3, -0.25) is 4.79 Å². The Morgan fingerprint density at radius 2 is 2.22 bits per heavy atom. The molecular weight excluding hydrogens is 370 g/mol. The molecule has 1 aliphatic rings. The Labute approximate surface area is 161 Å². The van der Waals surface area contributed by atoms with Crippen molar-refractivity contribution in [2.24, 2.45) is 0 Å². The van der Waals surface area contributed by atoms with Crippen LogP contribution in [0.4, 0.5) is 10.5 Å². The maximum absolute atomic E-state index is 12.1. The first kappa shape index (κ1) is 19.1. The predicted molar refractivity (Wildman–Crippen MR) is 102 cm³/mol. The van der Waals surface area contributed by atoms with Crippen LogP contribution in [-0.2, 0) is 11.3 Å². The fourth-order valence-electron chi connectivity index (χ4n) is 2.95. The molecule has 1 aromatic carbocycles. The minimum atomic E-state index is -0.350. The largest absolute Gasteiger partial charge is 0.358 e. The van der Waals surface area contributed by atoms with Crippen LogP contribution in [0.3, 0.4) is 0 Å². The van der Waals surface area contributed by atoms with Gasteiger partial charge in [-0.05, 0) is 31.0 Å². The number of urea groups is 1. The zero-order chi connectivity index (χ0) is 19.4. The smallest absolute Gasteiger partial charge is 0.319 e. The number of likely N-dealkylation sites (N-methyl/N-ethyl adjacent to an activating group) is 1. The number of nitrogens with one attached hydrogen (secondary N) is 4. The molecule has 27 heavy (non-hydrogen) atoms. The highest BCUT2D eigenvalue weighted by atomic mass is 35.5. The molecule has 1 saturated heterocycles. The summed E-state index contributed by atoms with van der Waals surface area (Å²) in [5, 5.41) is 20.1. The fourth-order valence-corrected chi connectivity index (χ4v) is 3.12. The second-order valence-corrected chi connectivity index (χ2v) is 6.78. The first-order valence-corrected chi connectivity index (χ1v) is 9.01. The van der Waals surface area contributed by atoms with Crippen molar-refractivity contribution in [3.8, 4) is 0 Å². The minimum Gasteiger partial charge on any atom is -0.358 e. The van der Waals surface area contributed by atoms with Gasteiger partial charge in [0.1, 0.15) is 5.69 Å². The van der Waals surface area contributed by atoms with Crippen LogP contribution in [0.2, 0.25) is 5.02 Å². The Bertz CT molecular complexity index is 838. The zero-order valence-corrected chi connectivity index (χ0v) is 15.9. The third-order valence-corrected chi connectivity index (χ3v) is 4.96. The number of hydrogen-bond donors (Lipinski definition) is 4. The molecule has 0 bridgehead atoms. The standard InChI is InChI=1S/C17H22ClN7O2/c1-10-13(18)4-3-5-14(10)22-17(27)21-7-11-9-25(24-23-11)12-6-15(20-8-12)16(26)19-2/h3-5,9,12,15,20H,6-8H2,1-2H3,(H,19,26)(H2,21,22,27)/t12-,15-/m0/s1. The molecule has 144 valence electrons. The van der Waals surface area contributed by atoms with Gasteiger partial charge >= 0.3 is 6.03 Å². The summed E-state index contributed by atoms with van der Waals surface area (Å²) >= 11 is 6.05. The summed E-state index contributed by atoms with van der Waals surface area (Å²) in [4.78, 5) is 23.8. The Balaban J connectivity index is 1.52. The molecule has 0 aliphatic carbocycles. The third-order valence-electron chi connectivity index (χ3n) is 4.55. The van der Waals surface area contributed by atoms with E-state index in [-0.39, 0.29) is 30.6 Å². The number of benzene rings is 1. The number of carbonyl (C=O) groups excluding carboxylic acids is 2. The van der Waals surface area contributed by atoms with Crippen molar-refractivity contribution in [3.05, 3.63) is 40.7 Å². The lowest BCUT2D eigenvalue weighted by Crippen LogP contribution is -2.38. The first-order chi connectivity index (χ1) is 13.0. The predicted octanol–water partition coefficient (Wildman–Crippen LogP) is 1.21. The van der Waals surface area contributed by atoms with Crippen LogP contribution in [-0.4, -0.2) is 46.6 Å². The highest BCUT2D eigenvalue weighted by molar-refractivity contribution is 6.31. The minimum absolute atomic E-state index is 0.0347. The van der Waals surface area contributed by atoms with Gasteiger partial charge in [0.05, 0.1) is 24.8 Å². The van der Waals surface area contributed by atoms with Crippen molar-refractivity contribution < 1.29 is 9.59 Å². The number of carbonyl (C=O) groups is 2. The molecule has 2 atom stereocenters. The van der Waals surface area contributed by atoms with Gasteiger partial charge in [-0.1, -0.05) is 22.9 Å². The molecule has 2 heterocycles. The van der Waals surface area contributed by atoms with Gasteiger partial charge in [0, 0.05) is 24.3 Å². The number of amides is 3. The topological polar surface area (TPSA) is 113 Å². The van der Waals surface area contributed by atoms with Crippen molar-refractivity contribution in [1.82, 2.24) is 30.9 Å². The summed E-state index contributed by atoms with van der Waals surface area (Å²) in [6, 6.07) is 4.81. The van der Waals surface area contributed by atoms with E-state index < -0.39 is 0 Å². The summed E-state index contributed by atoms with van der Waals surface area (Å²) in [6.45, 7) is 2.72. The quantitative estimate of drug-likeness (QED) is 0.612. The number of anilines is 1. The lowest BCUT2D eigenvalue weighted by molar-refractivity contribution is -0.122. The Morgan fingerprint density at radius 3 is 3.00 bits per heavy atom. The van der Waals surface area contributed by atoms with Gasteiger partial charge in [0.15, 0.2) is 0 Å². The summed E-state index contributed by atoms with van der Waals surface area (Å²) in [5.74, 6) is -0.0347. The molecular formula is C17H22ClN7O2. The molecule has 2 aromatic rings. The second-order valence-electron chi connectivity index (χ2n) is 6.37. The Kier molecular flexibility index (Phi) is 5.92. The normalized spacial score (nSPS) is 18.9. The molecule has 3 amide bonds. The molecule has 10 heteroatoms. The average molecular weight is 392 g/mol. The molecule has 0 spiro atoms. The van der Waals surface area contributed by atoms with E-state index in [4.69, 9.17) is 11.6 Å². The third kappa shape index (κ3) is 4.55. The van der Waals surface area contributed by atoms with Crippen molar-refractivity contribution in [2.75, 3.05) is 18.9 Å². The number of nitrogens with zero attached hydrogens (tertiary/aromatic N) is 3. The van der Waals surface area contributed by atoms with E-state index in [1.165, 1.54) is 0 Å². The van der Waals surface area contributed by atoms with Crippen LogP contribution in [0.15, 0.2) is 24.4 Å². The van der Waals surface area contributed by atoms with Crippen molar-refractivity contribution >= 4 is 29.2 Å². The maximum Gasteiger partial charge on any atom is 0.319 e. The lowest BCUT2D eigenvalue weighted by atomic mass is 10.1. The number of halogens is 1. The van der Waals surface area contributed by atoms with Crippen molar-refractivity contribution in [3.63, 3.8) is 0 Å². The van der Waals surface area contributed by atoms with Crippen molar-refractivity contribution in [1.29, 1.82) is 0 Å². The van der Waals surface area contributed by atoms with E-state index in [1.54, 1.807) is 36.1 Å². The Morgan fingerprint density at radius 1 is 1.41 bits per heavy atom. The van der Waals surface area contributed by atoms with E-state index in [2.05, 4.69) is 31.6 Å². The molecule has 1 fully saturated rings. The molecule has 1 aliphatic heterocycles. The zero-order valence-electron chi connectivity index (χ0n) is 15.1. The monoisotopic (exact) mass is 391 g/mol. The van der Waals surface area contributed by atoms with Gasteiger partial charge in [-0.25, -0.2) is 9.48 Å².